The van der Waals surface area contributed by atoms with Crippen molar-refractivity contribution in [3.05, 3.63) is 88.9 Å². The van der Waals surface area contributed by atoms with Crippen LogP contribution < -0.4 is 5.56 Å². The van der Waals surface area contributed by atoms with Crippen LogP contribution in [-0.2, 0) is 17.9 Å². The first-order valence-corrected chi connectivity index (χ1v) is 9.57. The molecule has 0 aliphatic heterocycles. The van der Waals surface area contributed by atoms with E-state index >= 15 is 0 Å². The molecule has 4 aromatic rings. The first-order valence-electron chi connectivity index (χ1n) is 9.57. The molecule has 2 aromatic heterocycles. The van der Waals surface area contributed by atoms with Crippen molar-refractivity contribution in [1.82, 2.24) is 24.2 Å². The highest BCUT2D eigenvalue weighted by molar-refractivity contribution is 5.78. The minimum Gasteiger partial charge on any atom is -0.337 e. The predicted molar refractivity (Wildman–Crippen MR) is 111 cm³/mol. The van der Waals surface area contributed by atoms with Gasteiger partial charge < -0.3 is 4.90 Å². The molecule has 7 nitrogen and oxygen atoms in total. The molecule has 0 saturated heterocycles. The normalized spacial score (nSPS) is 11.0. The molecule has 1 amide bonds. The molecule has 2 heterocycles. The number of likely N-dealkylation sites (N-methyl/N-ethyl adjacent to an activating group) is 1. The molecule has 0 saturated carbocycles. The molecule has 8 heteroatoms. The number of amides is 1. The summed E-state index contributed by atoms with van der Waals surface area (Å²) >= 11 is 0. The van der Waals surface area contributed by atoms with Gasteiger partial charge >= 0.3 is 0 Å². The van der Waals surface area contributed by atoms with Gasteiger partial charge in [0.25, 0.3) is 5.56 Å². The maximum absolute atomic E-state index is 13.4. The van der Waals surface area contributed by atoms with E-state index in [2.05, 4.69) is 10.1 Å². The number of nitrogens with zero attached hydrogens (tertiary/aromatic N) is 5. The van der Waals surface area contributed by atoms with E-state index in [1.807, 2.05) is 37.3 Å². The third-order valence-corrected chi connectivity index (χ3v) is 4.86. The highest BCUT2D eigenvalue weighted by Gasteiger charge is 2.17. The Kier molecular flexibility index (Phi) is 5.38. The average molecular weight is 405 g/mol. The van der Waals surface area contributed by atoms with Crippen LogP contribution in [0.3, 0.4) is 0 Å². The van der Waals surface area contributed by atoms with Crippen LogP contribution in [0.1, 0.15) is 12.5 Å². The summed E-state index contributed by atoms with van der Waals surface area (Å²) in [5.41, 5.74) is 1.58. The SMILES string of the molecule is CCN(Cc1cccc(F)c1)C(=O)Cn1cnc2c(cnn2-c2ccccc2)c1=O. The van der Waals surface area contributed by atoms with E-state index in [-0.39, 0.29) is 30.4 Å². The van der Waals surface area contributed by atoms with Gasteiger partial charge in [-0.25, -0.2) is 14.1 Å². The van der Waals surface area contributed by atoms with Crippen LogP contribution in [0.15, 0.2) is 71.9 Å². The highest BCUT2D eigenvalue weighted by atomic mass is 19.1. The Labute approximate surface area is 172 Å². The fourth-order valence-electron chi connectivity index (χ4n) is 3.30. The monoisotopic (exact) mass is 405 g/mol. The van der Waals surface area contributed by atoms with Gasteiger partial charge in [-0.15, -0.1) is 0 Å². The van der Waals surface area contributed by atoms with Crippen LogP contribution in [0.2, 0.25) is 0 Å². The molecular formula is C22H20FN5O2. The first kappa shape index (κ1) is 19.5. The van der Waals surface area contributed by atoms with Gasteiger partial charge in [0.05, 0.1) is 11.9 Å². The molecule has 2 aromatic carbocycles. The fourth-order valence-corrected chi connectivity index (χ4v) is 3.30. The van der Waals surface area contributed by atoms with Crippen molar-refractivity contribution >= 4 is 16.9 Å². The lowest BCUT2D eigenvalue weighted by Gasteiger charge is -2.21. The Bertz CT molecular complexity index is 1250. The summed E-state index contributed by atoms with van der Waals surface area (Å²) in [5.74, 6) is -0.599. The van der Waals surface area contributed by atoms with E-state index in [0.717, 1.165) is 5.69 Å². The van der Waals surface area contributed by atoms with Gasteiger partial charge in [0, 0.05) is 13.1 Å². The lowest BCUT2D eigenvalue weighted by atomic mass is 10.2. The number of hydrogen-bond acceptors (Lipinski definition) is 4. The molecule has 0 radical (unpaired) electrons. The van der Waals surface area contributed by atoms with E-state index in [9.17, 15) is 14.0 Å². The zero-order valence-corrected chi connectivity index (χ0v) is 16.4. The van der Waals surface area contributed by atoms with Crippen molar-refractivity contribution < 1.29 is 9.18 Å². The lowest BCUT2D eigenvalue weighted by Crippen LogP contribution is -2.36. The molecule has 4 rings (SSSR count). The van der Waals surface area contributed by atoms with Crippen molar-refractivity contribution in [2.24, 2.45) is 0 Å². The van der Waals surface area contributed by atoms with Crippen molar-refractivity contribution in [2.75, 3.05) is 6.54 Å². The minimum atomic E-state index is -0.350. The summed E-state index contributed by atoms with van der Waals surface area (Å²) in [6.07, 6.45) is 2.82. The summed E-state index contributed by atoms with van der Waals surface area (Å²) in [6.45, 7) is 2.39. The van der Waals surface area contributed by atoms with E-state index in [1.54, 1.807) is 21.7 Å². The summed E-state index contributed by atoms with van der Waals surface area (Å²) < 4.78 is 16.3. The van der Waals surface area contributed by atoms with Gasteiger partial charge in [0.2, 0.25) is 5.91 Å². The Morgan fingerprint density at radius 1 is 1.13 bits per heavy atom. The van der Waals surface area contributed by atoms with Gasteiger partial charge in [-0.05, 0) is 36.8 Å². The maximum Gasteiger partial charge on any atom is 0.264 e. The van der Waals surface area contributed by atoms with Gasteiger partial charge in [0.1, 0.15) is 24.1 Å². The van der Waals surface area contributed by atoms with Gasteiger partial charge in [-0.2, -0.15) is 5.10 Å². The second kappa shape index (κ2) is 8.28. The lowest BCUT2D eigenvalue weighted by molar-refractivity contribution is -0.132. The summed E-state index contributed by atoms with van der Waals surface area (Å²) in [7, 11) is 0. The molecule has 152 valence electrons. The number of para-hydroxylation sites is 1. The molecule has 0 spiro atoms. The third kappa shape index (κ3) is 3.84. The van der Waals surface area contributed by atoms with Crippen LogP contribution in [0.25, 0.3) is 16.7 Å². The Morgan fingerprint density at radius 3 is 2.67 bits per heavy atom. The number of carbonyl (C=O) groups is 1. The second-order valence-corrected chi connectivity index (χ2v) is 6.84. The van der Waals surface area contributed by atoms with Crippen molar-refractivity contribution in [3.8, 4) is 5.69 Å². The smallest absolute Gasteiger partial charge is 0.264 e. The van der Waals surface area contributed by atoms with Crippen molar-refractivity contribution in [1.29, 1.82) is 0 Å². The van der Waals surface area contributed by atoms with Crippen molar-refractivity contribution in [2.45, 2.75) is 20.0 Å². The number of hydrogen-bond donors (Lipinski definition) is 0. The van der Waals surface area contributed by atoms with Gasteiger partial charge in [0.15, 0.2) is 5.65 Å². The van der Waals surface area contributed by atoms with Crippen LogP contribution in [-0.4, -0.2) is 36.7 Å². The van der Waals surface area contributed by atoms with E-state index in [0.29, 0.717) is 23.1 Å². The molecule has 0 N–H and O–H groups in total. The number of halogens is 1. The summed E-state index contributed by atoms with van der Waals surface area (Å²) in [5, 5.41) is 4.61. The van der Waals surface area contributed by atoms with Crippen LogP contribution in [0, 0.1) is 5.82 Å². The molecule has 0 aliphatic rings. The van der Waals surface area contributed by atoms with Gasteiger partial charge in [-0.3, -0.25) is 14.2 Å². The number of aromatic nitrogens is 4. The number of benzene rings is 2. The van der Waals surface area contributed by atoms with E-state index < -0.39 is 0 Å². The number of rotatable bonds is 6. The summed E-state index contributed by atoms with van der Waals surface area (Å²) in [6, 6.07) is 15.5. The summed E-state index contributed by atoms with van der Waals surface area (Å²) in [4.78, 5) is 31.6. The standard InChI is InChI=1S/C22H20FN5O2/c1-2-26(13-16-7-6-8-17(23)11-16)20(29)14-27-15-24-21-19(22(27)30)12-25-28(21)18-9-4-3-5-10-18/h3-12,15H,2,13-14H2,1H3. The zero-order chi connectivity index (χ0) is 21.1. The molecule has 0 unspecified atom stereocenters. The zero-order valence-electron chi connectivity index (χ0n) is 16.4. The Balaban J connectivity index is 1.58. The number of fused-ring (bicyclic) bond motifs is 1. The average Bonchev–Trinajstić information content (AvgIpc) is 3.19. The van der Waals surface area contributed by atoms with E-state index in [1.165, 1.54) is 29.2 Å². The number of carbonyl (C=O) groups excluding carboxylic acids is 1. The van der Waals surface area contributed by atoms with Crippen LogP contribution in [0.4, 0.5) is 4.39 Å². The molecule has 30 heavy (non-hydrogen) atoms. The predicted octanol–water partition coefficient (Wildman–Crippen LogP) is 2.77. The fraction of sp³-hybridized carbons (Fsp3) is 0.182. The minimum absolute atomic E-state index is 0.151. The maximum atomic E-state index is 13.4. The second-order valence-electron chi connectivity index (χ2n) is 6.84. The third-order valence-electron chi connectivity index (χ3n) is 4.86. The molecular weight excluding hydrogens is 385 g/mol. The quantitative estimate of drug-likeness (QED) is 0.495. The first-order chi connectivity index (χ1) is 14.6. The molecule has 0 atom stereocenters. The van der Waals surface area contributed by atoms with Crippen molar-refractivity contribution in [3.63, 3.8) is 0 Å². The van der Waals surface area contributed by atoms with Gasteiger partial charge in [-0.1, -0.05) is 30.3 Å². The molecule has 0 fully saturated rings. The Hall–Kier alpha value is -3.81. The van der Waals surface area contributed by atoms with Crippen LogP contribution in [0.5, 0.6) is 0 Å². The molecule has 0 aliphatic carbocycles. The largest absolute Gasteiger partial charge is 0.337 e. The molecule has 0 bridgehead atoms. The topological polar surface area (TPSA) is 73.0 Å². The van der Waals surface area contributed by atoms with E-state index in [4.69, 9.17) is 0 Å². The Morgan fingerprint density at radius 2 is 1.93 bits per heavy atom. The van der Waals surface area contributed by atoms with Crippen LogP contribution >= 0.6 is 0 Å². The highest BCUT2D eigenvalue weighted by Crippen LogP contribution is 2.13.